The number of Topliss-reactive ketones (excluding diaryl/α,β-unsaturated/α-hetero) is 1. The van der Waals surface area contributed by atoms with Crippen LogP contribution in [0.5, 0.6) is 5.75 Å². The third-order valence-corrected chi connectivity index (χ3v) is 8.00. The van der Waals surface area contributed by atoms with Crippen LogP contribution in [0.25, 0.3) is 22.0 Å². The molecule has 0 spiro atoms. The highest BCUT2D eigenvalue weighted by atomic mass is 35.5. The first-order chi connectivity index (χ1) is 16.9. The van der Waals surface area contributed by atoms with Crippen molar-refractivity contribution >= 4 is 34.0 Å². The second-order valence-corrected chi connectivity index (χ2v) is 10.8. The predicted octanol–water partition coefficient (Wildman–Crippen LogP) is 6.70. The van der Waals surface area contributed by atoms with Gasteiger partial charge < -0.3 is 15.3 Å². The molecule has 3 aromatic rings. The van der Waals surface area contributed by atoms with E-state index in [4.69, 9.17) is 11.6 Å². The molecule has 0 bridgehead atoms. The van der Waals surface area contributed by atoms with E-state index in [1.165, 1.54) is 0 Å². The fraction of sp³-hybridized carbons (Fsp3) is 0.448. The molecule has 184 valence electrons. The van der Waals surface area contributed by atoms with Crippen LogP contribution in [0, 0.1) is 5.92 Å². The molecule has 2 aliphatic carbocycles. The fourth-order valence-electron chi connectivity index (χ4n) is 5.31. The van der Waals surface area contributed by atoms with Crippen LogP contribution in [0.2, 0.25) is 5.02 Å². The highest BCUT2D eigenvalue weighted by Crippen LogP contribution is 2.40. The fourth-order valence-corrected chi connectivity index (χ4v) is 5.55. The van der Waals surface area contributed by atoms with E-state index in [9.17, 15) is 9.90 Å². The number of phenols is 1. The van der Waals surface area contributed by atoms with E-state index < -0.39 is 0 Å². The Bertz CT molecular complexity index is 1260. The summed E-state index contributed by atoms with van der Waals surface area (Å²) in [6.07, 6.45) is 8.85. The third-order valence-electron chi connectivity index (χ3n) is 7.71. The molecule has 0 aliphatic heterocycles. The maximum Gasteiger partial charge on any atom is 0.169 e. The number of ketones is 1. The molecule has 5 nitrogen and oxygen atoms in total. The SMILES string of the molecule is CCc1cc(-c2ccc3ncc(C(=O)C4CC4)c(N[C@H]4CC[C@H](N(C)C)CC4)c3c2)cc(Cl)c1O. The Balaban J connectivity index is 1.57. The van der Waals surface area contributed by atoms with Gasteiger partial charge in [-0.3, -0.25) is 9.78 Å². The maximum absolute atomic E-state index is 13.2. The van der Waals surface area contributed by atoms with Crippen LogP contribution in [0.15, 0.2) is 36.5 Å². The Morgan fingerprint density at radius 1 is 1.09 bits per heavy atom. The lowest BCUT2D eigenvalue weighted by molar-refractivity contribution is 0.0968. The van der Waals surface area contributed by atoms with Crippen molar-refractivity contribution in [2.75, 3.05) is 19.4 Å². The average Bonchev–Trinajstić information content (AvgIpc) is 3.71. The number of aryl methyl sites for hydroxylation is 1. The Kier molecular flexibility index (Phi) is 6.73. The van der Waals surface area contributed by atoms with Gasteiger partial charge in [0, 0.05) is 29.6 Å². The van der Waals surface area contributed by atoms with Crippen LogP contribution in [0.3, 0.4) is 0 Å². The molecule has 2 aromatic carbocycles. The Labute approximate surface area is 212 Å². The van der Waals surface area contributed by atoms with Crippen molar-refractivity contribution in [1.29, 1.82) is 0 Å². The number of phenolic OH excluding ortho intramolecular Hbond substituents is 1. The van der Waals surface area contributed by atoms with Gasteiger partial charge in [0.1, 0.15) is 5.75 Å². The number of anilines is 1. The maximum atomic E-state index is 13.2. The number of fused-ring (bicyclic) bond motifs is 1. The third kappa shape index (κ3) is 4.89. The number of hydrogen-bond acceptors (Lipinski definition) is 5. The second kappa shape index (κ2) is 9.79. The van der Waals surface area contributed by atoms with Gasteiger partial charge in [0.05, 0.1) is 21.8 Å². The van der Waals surface area contributed by atoms with Crippen molar-refractivity contribution in [3.63, 3.8) is 0 Å². The first-order valence-electron chi connectivity index (χ1n) is 12.8. The summed E-state index contributed by atoms with van der Waals surface area (Å²) >= 11 is 6.35. The molecule has 0 radical (unpaired) electrons. The number of nitrogens with one attached hydrogen (secondary N) is 1. The van der Waals surface area contributed by atoms with Gasteiger partial charge in [-0.2, -0.15) is 0 Å². The Morgan fingerprint density at radius 2 is 1.83 bits per heavy atom. The summed E-state index contributed by atoms with van der Waals surface area (Å²) < 4.78 is 0. The zero-order chi connectivity index (χ0) is 24.7. The number of halogens is 1. The minimum atomic E-state index is 0.130. The quantitative estimate of drug-likeness (QED) is 0.360. The van der Waals surface area contributed by atoms with Gasteiger partial charge in [-0.05, 0) is 100.0 Å². The van der Waals surface area contributed by atoms with E-state index in [0.29, 0.717) is 29.1 Å². The zero-order valence-corrected chi connectivity index (χ0v) is 21.5. The van der Waals surface area contributed by atoms with E-state index in [2.05, 4.69) is 35.4 Å². The van der Waals surface area contributed by atoms with Crippen molar-refractivity contribution in [2.45, 2.75) is 64.0 Å². The number of nitrogens with zero attached hydrogens (tertiary/aromatic N) is 2. The molecule has 1 aromatic heterocycles. The summed E-state index contributed by atoms with van der Waals surface area (Å²) in [5.74, 6) is 0.481. The van der Waals surface area contributed by atoms with Crippen LogP contribution < -0.4 is 5.32 Å². The molecule has 5 rings (SSSR count). The second-order valence-electron chi connectivity index (χ2n) is 10.4. The first kappa shape index (κ1) is 24.1. The number of rotatable bonds is 7. The van der Waals surface area contributed by atoms with Crippen LogP contribution in [-0.4, -0.2) is 47.0 Å². The molecule has 2 fully saturated rings. The highest BCUT2D eigenvalue weighted by Gasteiger charge is 2.33. The van der Waals surface area contributed by atoms with Gasteiger partial charge in [-0.1, -0.05) is 24.6 Å². The van der Waals surface area contributed by atoms with E-state index in [0.717, 1.165) is 71.8 Å². The van der Waals surface area contributed by atoms with E-state index in [1.54, 1.807) is 12.3 Å². The van der Waals surface area contributed by atoms with Crippen LogP contribution in [0.1, 0.15) is 61.4 Å². The lowest BCUT2D eigenvalue weighted by Gasteiger charge is -2.34. The molecule has 0 saturated heterocycles. The number of hydrogen-bond donors (Lipinski definition) is 2. The minimum absolute atomic E-state index is 0.130. The molecular formula is C29H34ClN3O2. The van der Waals surface area contributed by atoms with Gasteiger partial charge in [0.25, 0.3) is 0 Å². The van der Waals surface area contributed by atoms with Gasteiger partial charge in [0.2, 0.25) is 0 Å². The summed E-state index contributed by atoms with van der Waals surface area (Å²) in [4.78, 5) is 20.2. The van der Waals surface area contributed by atoms with Crippen molar-refractivity contribution in [2.24, 2.45) is 5.92 Å². The standard InChI is InChI=1S/C29H34ClN3O2/c1-4-17-13-20(15-25(30)29(17)35)19-7-12-26-23(14-19)27(24(16-31-26)28(34)18-5-6-18)32-21-8-10-22(11-9-21)33(2)3/h7,12-16,18,21-22,35H,4-6,8-11H2,1-3H3,(H,31,32)/t21-,22-. The first-order valence-corrected chi connectivity index (χ1v) is 13.1. The van der Waals surface area contributed by atoms with E-state index in [-0.39, 0.29) is 17.5 Å². The zero-order valence-electron chi connectivity index (χ0n) is 20.8. The molecule has 0 unspecified atom stereocenters. The minimum Gasteiger partial charge on any atom is -0.506 e. The summed E-state index contributed by atoms with van der Waals surface area (Å²) in [7, 11) is 4.31. The largest absolute Gasteiger partial charge is 0.506 e. The molecule has 0 amide bonds. The van der Waals surface area contributed by atoms with E-state index in [1.807, 2.05) is 25.1 Å². The summed E-state index contributed by atoms with van der Waals surface area (Å²) in [5, 5.41) is 15.4. The van der Waals surface area contributed by atoms with Crippen molar-refractivity contribution in [3.05, 3.63) is 52.7 Å². The van der Waals surface area contributed by atoms with Gasteiger partial charge in [-0.15, -0.1) is 0 Å². The van der Waals surface area contributed by atoms with Gasteiger partial charge >= 0.3 is 0 Å². The Morgan fingerprint density at radius 3 is 2.49 bits per heavy atom. The molecule has 0 atom stereocenters. The number of pyridine rings is 1. The van der Waals surface area contributed by atoms with Crippen LogP contribution in [-0.2, 0) is 6.42 Å². The summed E-state index contributed by atoms with van der Waals surface area (Å²) in [6, 6.07) is 10.9. The van der Waals surface area contributed by atoms with Crippen molar-refractivity contribution in [1.82, 2.24) is 9.88 Å². The van der Waals surface area contributed by atoms with Gasteiger partial charge in [0.15, 0.2) is 5.78 Å². The molecule has 2 saturated carbocycles. The monoisotopic (exact) mass is 491 g/mol. The Hall–Kier alpha value is -2.63. The number of carbonyl (C=O) groups is 1. The van der Waals surface area contributed by atoms with Crippen LogP contribution in [0.4, 0.5) is 5.69 Å². The van der Waals surface area contributed by atoms with Crippen LogP contribution >= 0.6 is 11.6 Å². The molecule has 35 heavy (non-hydrogen) atoms. The topological polar surface area (TPSA) is 65.5 Å². The predicted molar refractivity (Wildman–Crippen MR) is 144 cm³/mol. The number of carbonyl (C=O) groups excluding carboxylic acids is 1. The smallest absolute Gasteiger partial charge is 0.169 e. The summed E-state index contributed by atoms with van der Waals surface area (Å²) in [5.41, 5.74) is 5.26. The van der Waals surface area contributed by atoms with E-state index >= 15 is 0 Å². The van der Waals surface area contributed by atoms with Crippen molar-refractivity contribution < 1.29 is 9.90 Å². The normalized spacial score (nSPS) is 20.4. The highest BCUT2D eigenvalue weighted by molar-refractivity contribution is 6.32. The molecule has 6 heteroatoms. The molecule has 2 N–H and O–H groups in total. The number of aromatic nitrogens is 1. The average molecular weight is 492 g/mol. The van der Waals surface area contributed by atoms with Gasteiger partial charge in [-0.25, -0.2) is 0 Å². The number of benzene rings is 2. The molecule has 1 heterocycles. The lowest BCUT2D eigenvalue weighted by Crippen LogP contribution is -2.36. The molecule has 2 aliphatic rings. The van der Waals surface area contributed by atoms with Crippen molar-refractivity contribution in [3.8, 4) is 16.9 Å². The lowest BCUT2D eigenvalue weighted by atomic mass is 9.89. The summed E-state index contributed by atoms with van der Waals surface area (Å²) in [6.45, 7) is 2.00. The molecular weight excluding hydrogens is 458 g/mol. The number of aromatic hydroxyl groups is 1.